The number of carbonyl (C=O) groups excluding carboxylic acids is 2. The minimum atomic E-state index is -1.53. The number of nitrogens with zero attached hydrogens (tertiary/aromatic N) is 1. The van der Waals surface area contributed by atoms with Crippen molar-refractivity contribution < 1.29 is 42.9 Å². The largest absolute Gasteiger partial charge is 0.477 e. The summed E-state index contributed by atoms with van der Waals surface area (Å²) in [7, 11) is 5.94. The first-order valence-electron chi connectivity index (χ1n) is 28.1. The predicted molar refractivity (Wildman–Crippen MR) is 299 cm³/mol. The zero-order valence-electron chi connectivity index (χ0n) is 45.8. The van der Waals surface area contributed by atoms with Gasteiger partial charge >= 0.3 is 17.9 Å². The van der Waals surface area contributed by atoms with E-state index in [1.54, 1.807) is 0 Å². The summed E-state index contributed by atoms with van der Waals surface area (Å²) in [5, 5.41) is 9.70. The molecule has 0 aromatic carbocycles. The van der Waals surface area contributed by atoms with E-state index in [-0.39, 0.29) is 38.6 Å². The summed E-state index contributed by atoms with van der Waals surface area (Å²) in [6.07, 6.45) is 68.7. The molecule has 0 saturated heterocycles. The molecule has 0 aliphatic carbocycles. The Bertz CT molecular complexity index is 1530. The third-order valence-corrected chi connectivity index (χ3v) is 11.5. The summed E-state index contributed by atoms with van der Waals surface area (Å²) in [4.78, 5) is 37.4. The van der Waals surface area contributed by atoms with Crippen molar-refractivity contribution in [2.45, 2.75) is 219 Å². The Balaban J connectivity index is 4.39. The zero-order valence-corrected chi connectivity index (χ0v) is 45.8. The van der Waals surface area contributed by atoms with Crippen LogP contribution in [0.25, 0.3) is 0 Å². The van der Waals surface area contributed by atoms with Gasteiger partial charge in [0.15, 0.2) is 6.10 Å². The Labute approximate surface area is 434 Å². The number of unbranched alkanes of at least 4 members (excludes halogenated alkanes) is 17. The van der Waals surface area contributed by atoms with Gasteiger partial charge in [-0.1, -0.05) is 200 Å². The van der Waals surface area contributed by atoms with E-state index in [9.17, 15) is 19.5 Å². The molecule has 0 saturated carbocycles. The van der Waals surface area contributed by atoms with Crippen LogP contribution in [0.3, 0.4) is 0 Å². The average Bonchev–Trinajstić information content (AvgIpc) is 3.34. The highest BCUT2D eigenvalue weighted by atomic mass is 16.7. The molecule has 404 valence electrons. The number of carboxylic acids is 1. The second kappa shape index (κ2) is 52.3. The number of likely N-dealkylation sites (N-methyl/N-ethyl adjacent to an activating group) is 1. The molecule has 0 aromatic heterocycles. The molecule has 2 unspecified atom stereocenters. The van der Waals surface area contributed by atoms with E-state index in [4.69, 9.17) is 18.9 Å². The molecule has 0 aromatic rings. The van der Waals surface area contributed by atoms with Gasteiger partial charge in [-0.25, -0.2) is 4.79 Å². The summed E-state index contributed by atoms with van der Waals surface area (Å²) in [5.41, 5.74) is 0. The zero-order chi connectivity index (χ0) is 52.0. The molecule has 0 fully saturated rings. The number of quaternary nitrogens is 1. The number of carboxylic acid groups (broad SMARTS) is 1. The molecule has 0 bridgehead atoms. The number of aliphatic carboxylic acids is 1. The van der Waals surface area contributed by atoms with Gasteiger partial charge < -0.3 is 28.5 Å². The van der Waals surface area contributed by atoms with Crippen molar-refractivity contribution in [2.75, 3.05) is 47.5 Å². The van der Waals surface area contributed by atoms with Gasteiger partial charge in [-0.2, -0.15) is 0 Å². The molecule has 71 heavy (non-hydrogen) atoms. The molecule has 0 aliphatic rings. The number of hydrogen-bond donors (Lipinski definition) is 1. The molecule has 9 heteroatoms. The fourth-order valence-corrected chi connectivity index (χ4v) is 7.20. The molecule has 0 aliphatic heterocycles. The SMILES string of the molecule is CC/C=C\C/C=C\C/C=C\C/C=C\C/C=C\C/C=C\CCCCCCC(=O)OC(COC(=O)CCCCCCCCCC/C=C\C/C=C\C/C=C\CCCCCCC)COC(OCC[N+](C)(C)C)C(=O)O. The van der Waals surface area contributed by atoms with Crippen LogP contribution in [0, 0.1) is 0 Å². The van der Waals surface area contributed by atoms with Gasteiger partial charge in [0.25, 0.3) is 6.29 Å². The maximum absolute atomic E-state index is 12.9. The highest BCUT2D eigenvalue weighted by Gasteiger charge is 2.25. The minimum Gasteiger partial charge on any atom is -0.477 e. The molecule has 0 spiro atoms. The van der Waals surface area contributed by atoms with Crippen molar-refractivity contribution in [3.63, 3.8) is 0 Å². The highest BCUT2D eigenvalue weighted by molar-refractivity contribution is 5.71. The number of ether oxygens (including phenoxy) is 4. The van der Waals surface area contributed by atoms with Crippen molar-refractivity contribution in [3.05, 3.63) is 109 Å². The maximum atomic E-state index is 12.9. The first-order valence-corrected chi connectivity index (χ1v) is 28.1. The first kappa shape index (κ1) is 67.0. The van der Waals surface area contributed by atoms with Crippen LogP contribution >= 0.6 is 0 Å². The van der Waals surface area contributed by atoms with Crippen molar-refractivity contribution >= 4 is 17.9 Å². The van der Waals surface area contributed by atoms with Gasteiger partial charge in [0.2, 0.25) is 0 Å². The van der Waals surface area contributed by atoms with Gasteiger partial charge in [0.05, 0.1) is 34.4 Å². The average molecular weight is 992 g/mol. The van der Waals surface area contributed by atoms with Crippen LogP contribution in [0.2, 0.25) is 0 Å². The van der Waals surface area contributed by atoms with Crippen molar-refractivity contribution in [1.29, 1.82) is 0 Å². The van der Waals surface area contributed by atoms with Gasteiger partial charge in [-0.15, -0.1) is 0 Å². The number of carbonyl (C=O) groups is 3. The molecule has 2 atom stereocenters. The summed E-state index contributed by atoms with van der Waals surface area (Å²) >= 11 is 0. The lowest BCUT2D eigenvalue weighted by atomic mass is 10.1. The second-order valence-corrected chi connectivity index (χ2v) is 19.5. The van der Waals surface area contributed by atoms with Gasteiger partial charge in [0, 0.05) is 12.8 Å². The van der Waals surface area contributed by atoms with E-state index in [0.29, 0.717) is 17.4 Å². The molecule has 0 rings (SSSR count). The molecule has 9 nitrogen and oxygen atoms in total. The second-order valence-electron chi connectivity index (χ2n) is 19.5. The number of esters is 2. The van der Waals surface area contributed by atoms with Crippen LogP contribution in [-0.2, 0) is 33.3 Å². The molecule has 1 N–H and O–H groups in total. The number of hydrogen-bond acceptors (Lipinski definition) is 7. The van der Waals surface area contributed by atoms with Crippen molar-refractivity contribution in [3.8, 4) is 0 Å². The normalized spacial score (nSPS) is 13.6. The Morgan fingerprint density at radius 3 is 1.20 bits per heavy atom. The van der Waals surface area contributed by atoms with Gasteiger partial charge in [0.1, 0.15) is 13.2 Å². The minimum absolute atomic E-state index is 0.174. The summed E-state index contributed by atoms with van der Waals surface area (Å²) < 4.78 is 22.8. The van der Waals surface area contributed by atoms with Crippen molar-refractivity contribution in [2.24, 2.45) is 0 Å². The van der Waals surface area contributed by atoms with E-state index in [1.165, 1.54) is 64.2 Å². The van der Waals surface area contributed by atoms with Crippen LogP contribution in [0.1, 0.15) is 206 Å². The topological polar surface area (TPSA) is 108 Å². The van der Waals surface area contributed by atoms with Crippen LogP contribution in [0.4, 0.5) is 0 Å². The van der Waals surface area contributed by atoms with E-state index >= 15 is 0 Å². The lowest BCUT2D eigenvalue weighted by molar-refractivity contribution is -0.870. The summed E-state index contributed by atoms with van der Waals surface area (Å²) in [6, 6.07) is 0. The lowest BCUT2D eigenvalue weighted by Crippen LogP contribution is -2.40. The van der Waals surface area contributed by atoms with Crippen LogP contribution in [0.15, 0.2) is 109 Å². The fourth-order valence-electron chi connectivity index (χ4n) is 7.20. The van der Waals surface area contributed by atoms with E-state index in [1.807, 2.05) is 21.1 Å². The van der Waals surface area contributed by atoms with Crippen LogP contribution in [0.5, 0.6) is 0 Å². The molecule has 0 radical (unpaired) electrons. The third-order valence-electron chi connectivity index (χ3n) is 11.5. The molecule has 0 amide bonds. The monoisotopic (exact) mass is 991 g/mol. The molecule has 0 heterocycles. The Morgan fingerprint density at radius 1 is 0.437 bits per heavy atom. The first-order chi connectivity index (χ1) is 34.6. The molecular formula is C62H104NO8+. The number of rotatable bonds is 50. The lowest BCUT2D eigenvalue weighted by Gasteiger charge is -2.25. The van der Waals surface area contributed by atoms with Crippen LogP contribution < -0.4 is 0 Å². The maximum Gasteiger partial charge on any atom is 0.361 e. The third kappa shape index (κ3) is 53.6. The fraction of sp³-hybridized carbons (Fsp3) is 0.661. The van der Waals surface area contributed by atoms with E-state index in [0.717, 1.165) is 109 Å². The quantitative estimate of drug-likeness (QED) is 0.0211. The van der Waals surface area contributed by atoms with Crippen molar-refractivity contribution in [1.82, 2.24) is 0 Å². The summed E-state index contributed by atoms with van der Waals surface area (Å²) in [6.45, 7) is 4.70. The highest BCUT2D eigenvalue weighted by Crippen LogP contribution is 2.14. The summed E-state index contributed by atoms with van der Waals surface area (Å²) in [5.74, 6) is -2.06. The number of allylic oxidation sites excluding steroid dienone is 18. The van der Waals surface area contributed by atoms with E-state index in [2.05, 4.69) is 123 Å². The van der Waals surface area contributed by atoms with Gasteiger partial charge in [-0.05, 0) is 103 Å². The van der Waals surface area contributed by atoms with Gasteiger partial charge in [-0.3, -0.25) is 9.59 Å². The Morgan fingerprint density at radius 2 is 0.803 bits per heavy atom. The Kier molecular flexibility index (Phi) is 49.3. The predicted octanol–water partition coefficient (Wildman–Crippen LogP) is 16.3. The molecular weight excluding hydrogens is 887 g/mol. The Hall–Kier alpha value is -4.05. The van der Waals surface area contributed by atoms with E-state index < -0.39 is 24.3 Å². The standard InChI is InChI=1S/C62H103NO8/c1-6-8-10-12-14-16-18-20-22-24-26-28-30-32-34-36-38-40-42-44-46-48-50-52-59(64)69-56-58(57-70-62(61(66)67)68-55-54-63(3,4)5)71-60(65)53-51-49-47-45-43-41-39-37-35-33-31-29-27-25-23-21-19-17-15-13-11-9-7-2/h9,11,15,17-18,20-21,23-24,26-27,29-30,32-33,35,39,41,58,62H,6-8,10,12-14,16,19,22,25,28,31,34,36-38,40,42-57H2,1-5H3/p+1/b11-9-,17-15-,20-18-,23-21-,26-24-,29-27-,32-30-,35-33-,41-39-. The van der Waals surface area contributed by atoms with Crippen LogP contribution in [-0.4, -0.2) is 87.4 Å². The smallest absolute Gasteiger partial charge is 0.361 e.